The number of nitrogens with zero attached hydrogens (tertiary/aromatic N) is 2. The fourth-order valence-electron chi connectivity index (χ4n) is 2.05. The summed E-state index contributed by atoms with van der Waals surface area (Å²) < 4.78 is 0. The molecule has 16 heavy (non-hydrogen) atoms. The van der Waals surface area contributed by atoms with Crippen molar-refractivity contribution in [2.24, 2.45) is 0 Å². The number of H-pyrrole nitrogens is 1. The van der Waals surface area contributed by atoms with Crippen LogP contribution in [0.25, 0.3) is 22.2 Å². The van der Waals surface area contributed by atoms with E-state index in [1.165, 1.54) is 5.39 Å². The minimum Gasteiger partial charge on any atom is -0.358 e. The molecular weight excluding hydrogens is 198 g/mol. The van der Waals surface area contributed by atoms with Gasteiger partial charge in [0.2, 0.25) is 0 Å². The highest BCUT2D eigenvalue weighted by Gasteiger charge is 2.10. The zero-order chi connectivity index (χ0) is 11.0. The molecule has 0 spiro atoms. The van der Waals surface area contributed by atoms with Crippen LogP contribution in [0.4, 0.5) is 0 Å². The first-order chi connectivity index (χ1) is 7.86. The van der Waals surface area contributed by atoms with Gasteiger partial charge in [0, 0.05) is 28.4 Å². The van der Waals surface area contributed by atoms with Gasteiger partial charge in [-0.3, -0.25) is 0 Å². The van der Waals surface area contributed by atoms with Gasteiger partial charge in [-0.1, -0.05) is 18.2 Å². The fourth-order valence-corrected chi connectivity index (χ4v) is 2.05. The third kappa shape index (κ3) is 1.29. The smallest absolute Gasteiger partial charge is 0.116 e. The summed E-state index contributed by atoms with van der Waals surface area (Å²) in [6, 6.07) is 10.2. The molecule has 3 heteroatoms. The highest BCUT2D eigenvalue weighted by atomic mass is 14.8. The highest BCUT2D eigenvalue weighted by molar-refractivity contribution is 5.96. The van der Waals surface area contributed by atoms with Crippen molar-refractivity contribution in [2.45, 2.75) is 6.92 Å². The molecule has 0 amide bonds. The number of hydrogen-bond donors (Lipinski definition) is 1. The minimum absolute atomic E-state index is 0.963. The van der Waals surface area contributed by atoms with Gasteiger partial charge in [0.25, 0.3) is 0 Å². The predicted molar refractivity (Wildman–Crippen MR) is 64.1 cm³/mol. The first kappa shape index (κ1) is 9.09. The van der Waals surface area contributed by atoms with E-state index in [1.54, 1.807) is 12.5 Å². The standard InChI is InChI=1S/C13H11N3/c1-9-13(12-6-7-14-8-15-12)10-4-2-3-5-11(10)16-9/h2-8,16H,1H3. The second kappa shape index (κ2) is 3.45. The summed E-state index contributed by atoms with van der Waals surface area (Å²) in [5.74, 6) is 0. The van der Waals surface area contributed by atoms with E-state index >= 15 is 0 Å². The van der Waals surface area contributed by atoms with Crippen molar-refractivity contribution < 1.29 is 0 Å². The van der Waals surface area contributed by atoms with Crippen molar-refractivity contribution in [1.29, 1.82) is 0 Å². The molecular formula is C13H11N3. The summed E-state index contributed by atoms with van der Waals surface area (Å²) in [5.41, 5.74) is 4.41. The van der Waals surface area contributed by atoms with E-state index in [-0.39, 0.29) is 0 Å². The molecule has 0 aliphatic rings. The lowest BCUT2D eigenvalue weighted by atomic mass is 10.1. The number of benzene rings is 1. The van der Waals surface area contributed by atoms with Crippen LogP contribution in [0.1, 0.15) is 5.69 Å². The van der Waals surface area contributed by atoms with Gasteiger partial charge in [-0.05, 0) is 19.1 Å². The molecule has 0 saturated heterocycles. The van der Waals surface area contributed by atoms with E-state index in [0.717, 1.165) is 22.5 Å². The zero-order valence-corrected chi connectivity index (χ0v) is 8.94. The lowest BCUT2D eigenvalue weighted by Gasteiger charge is -1.99. The van der Waals surface area contributed by atoms with Gasteiger partial charge in [-0.2, -0.15) is 0 Å². The van der Waals surface area contributed by atoms with Crippen molar-refractivity contribution >= 4 is 10.9 Å². The van der Waals surface area contributed by atoms with Crippen LogP contribution in [0.5, 0.6) is 0 Å². The maximum atomic E-state index is 4.30. The second-order valence-electron chi connectivity index (χ2n) is 3.77. The number of rotatable bonds is 1. The fraction of sp³-hybridized carbons (Fsp3) is 0.0769. The Balaban J connectivity index is 2.35. The van der Waals surface area contributed by atoms with Crippen LogP contribution in [0, 0.1) is 6.92 Å². The van der Waals surface area contributed by atoms with Crippen molar-refractivity contribution in [1.82, 2.24) is 15.0 Å². The van der Waals surface area contributed by atoms with Gasteiger partial charge in [-0.15, -0.1) is 0 Å². The summed E-state index contributed by atoms with van der Waals surface area (Å²) in [6.07, 6.45) is 3.35. The van der Waals surface area contributed by atoms with Crippen molar-refractivity contribution in [3.8, 4) is 11.3 Å². The van der Waals surface area contributed by atoms with E-state index in [2.05, 4.69) is 34.0 Å². The number of aromatic nitrogens is 3. The quantitative estimate of drug-likeness (QED) is 0.669. The molecule has 1 N–H and O–H groups in total. The highest BCUT2D eigenvalue weighted by Crippen LogP contribution is 2.29. The lowest BCUT2D eigenvalue weighted by Crippen LogP contribution is -1.84. The van der Waals surface area contributed by atoms with Crippen LogP contribution in [-0.4, -0.2) is 15.0 Å². The average molecular weight is 209 g/mol. The second-order valence-corrected chi connectivity index (χ2v) is 3.77. The third-order valence-corrected chi connectivity index (χ3v) is 2.73. The Labute approximate surface area is 93.2 Å². The zero-order valence-electron chi connectivity index (χ0n) is 8.94. The van der Waals surface area contributed by atoms with Gasteiger partial charge < -0.3 is 4.98 Å². The molecule has 0 bridgehead atoms. The van der Waals surface area contributed by atoms with Gasteiger partial charge in [0.1, 0.15) is 6.33 Å². The normalized spacial score (nSPS) is 10.8. The number of aromatic amines is 1. The number of aryl methyl sites for hydroxylation is 1. The summed E-state index contributed by atoms with van der Waals surface area (Å²) in [5, 5.41) is 1.21. The Hall–Kier alpha value is -2.16. The third-order valence-electron chi connectivity index (χ3n) is 2.73. The van der Waals surface area contributed by atoms with Gasteiger partial charge in [0.05, 0.1) is 5.69 Å². The SMILES string of the molecule is Cc1[nH]c2ccccc2c1-c1ccncn1. The molecule has 3 nitrogen and oxygen atoms in total. The van der Waals surface area contributed by atoms with Crippen LogP contribution in [0.15, 0.2) is 42.9 Å². The molecule has 0 aliphatic heterocycles. The molecule has 0 aliphatic carbocycles. The molecule has 0 atom stereocenters. The molecule has 0 unspecified atom stereocenters. The first-order valence-corrected chi connectivity index (χ1v) is 5.20. The maximum Gasteiger partial charge on any atom is 0.116 e. The van der Waals surface area contributed by atoms with Crippen molar-refractivity contribution in [3.63, 3.8) is 0 Å². The molecule has 3 aromatic rings. The molecule has 2 aromatic heterocycles. The Kier molecular flexibility index (Phi) is 1.96. The van der Waals surface area contributed by atoms with E-state index in [4.69, 9.17) is 0 Å². The molecule has 0 radical (unpaired) electrons. The summed E-state index contributed by atoms with van der Waals surface area (Å²) in [6.45, 7) is 2.07. The summed E-state index contributed by atoms with van der Waals surface area (Å²) >= 11 is 0. The van der Waals surface area contributed by atoms with Crippen LogP contribution < -0.4 is 0 Å². The lowest BCUT2D eigenvalue weighted by molar-refractivity contribution is 1.17. The Morgan fingerprint density at radius 3 is 2.81 bits per heavy atom. The van der Waals surface area contributed by atoms with E-state index in [0.29, 0.717) is 0 Å². The Morgan fingerprint density at radius 2 is 2.00 bits per heavy atom. The monoisotopic (exact) mass is 209 g/mol. The number of para-hydroxylation sites is 1. The summed E-state index contributed by atoms with van der Waals surface area (Å²) in [4.78, 5) is 11.6. The van der Waals surface area contributed by atoms with Crippen molar-refractivity contribution in [3.05, 3.63) is 48.5 Å². The first-order valence-electron chi connectivity index (χ1n) is 5.20. The summed E-state index contributed by atoms with van der Waals surface area (Å²) in [7, 11) is 0. The molecule has 3 rings (SSSR count). The van der Waals surface area contributed by atoms with Crippen LogP contribution in [0.2, 0.25) is 0 Å². The molecule has 78 valence electrons. The van der Waals surface area contributed by atoms with Gasteiger partial charge >= 0.3 is 0 Å². The predicted octanol–water partition coefficient (Wildman–Crippen LogP) is 2.93. The van der Waals surface area contributed by atoms with Crippen LogP contribution in [-0.2, 0) is 0 Å². The minimum atomic E-state index is 0.963. The molecule has 2 heterocycles. The average Bonchev–Trinajstić information content (AvgIpc) is 2.66. The molecule has 1 aromatic carbocycles. The van der Waals surface area contributed by atoms with Crippen LogP contribution in [0.3, 0.4) is 0 Å². The van der Waals surface area contributed by atoms with Crippen molar-refractivity contribution in [2.75, 3.05) is 0 Å². The van der Waals surface area contributed by atoms with Gasteiger partial charge in [0.15, 0.2) is 0 Å². The molecule has 0 fully saturated rings. The topological polar surface area (TPSA) is 41.6 Å². The van der Waals surface area contributed by atoms with E-state index in [9.17, 15) is 0 Å². The van der Waals surface area contributed by atoms with Crippen LogP contribution >= 0.6 is 0 Å². The van der Waals surface area contributed by atoms with Gasteiger partial charge in [-0.25, -0.2) is 9.97 Å². The maximum absolute atomic E-state index is 4.30. The Morgan fingerprint density at radius 1 is 1.12 bits per heavy atom. The number of fused-ring (bicyclic) bond motifs is 1. The number of nitrogens with one attached hydrogen (secondary N) is 1. The largest absolute Gasteiger partial charge is 0.358 e. The van der Waals surface area contributed by atoms with E-state index < -0.39 is 0 Å². The Bertz CT molecular complexity index is 626. The molecule has 0 saturated carbocycles. The van der Waals surface area contributed by atoms with E-state index in [1.807, 2.05) is 18.2 Å². The number of hydrogen-bond acceptors (Lipinski definition) is 2.